The number of hydrogen-bond donors (Lipinski definition) is 3. The van der Waals surface area contributed by atoms with Crippen LogP contribution in [0.5, 0.6) is 0 Å². The lowest BCUT2D eigenvalue weighted by molar-refractivity contribution is -0.137. The number of aromatic amines is 1. The number of hydrogen-bond acceptors (Lipinski definition) is 4. The van der Waals surface area contributed by atoms with Crippen molar-refractivity contribution in [1.82, 2.24) is 19.5 Å². The van der Waals surface area contributed by atoms with Gasteiger partial charge in [0, 0.05) is 41.5 Å². The first-order chi connectivity index (χ1) is 21.6. The third-order valence-corrected chi connectivity index (χ3v) is 8.72. The Kier molecular flexibility index (Phi) is 7.97. The second-order valence-electron chi connectivity index (χ2n) is 11.9. The Balaban J connectivity index is 1.71. The van der Waals surface area contributed by atoms with Crippen molar-refractivity contribution in [1.29, 1.82) is 0 Å². The topological polar surface area (TPSA) is 121 Å². The maximum absolute atomic E-state index is 11.6. The van der Waals surface area contributed by atoms with Crippen LogP contribution < -0.4 is 0 Å². The zero-order chi connectivity index (χ0) is 31.8. The highest BCUT2D eigenvalue weighted by molar-refractivity contribution is 5.94. The molecule has 2 aliphatic rings. The molecule has 0 saturated heterocycles. The Morgan fingerprint density at radius 3 is 2.27 bits per heavy atom. The molecule has 0 atom stereocenters. The van der Waals surface area contributed by atoms with Crippen LogP contribution >= 0.6 is 0 Å². The molecule has 0 spiro atoms. The zero-order valence-electron chi connectivity index (χ0n) is 25.9. The molecule has 4 aromatic rings. The van der Waals surface area contributed by atoms with Gasteiger partial charge in [-0.1, -0.05) is 30.3 Å². The molecule has 8 bridgehead atoms. The van der Waals surface area contributed by atoms with Gasteiger partial charge in [0.15, 0.2) is 0 Å². The monoisotopic (exact) mass is 600 g/mol. The Labute approximate surface area is 261 Å². The quantitative estimate of drug-likeness (QED) is 0.190. The molecule has 1 aromatic carbocycles. The molecule has 228 valence electrons. The highest BCUT2D eigenvalue weighted by Crippen LogP contribution is 2.35. The number of fused-ring (bicyclic) bond motifs is 8. The maximum atomic E-state index is 11.6. The Hall–Kier alpha value is -5.24. The highest BCUT2D eigenvalue weighted by Gasteiger charge is 2.20. The van der Waals surface area contributed by atoms with E-state index in [-0.39, 0.29) is 12.8 Å². The summed E-state index contributed by atoms with van der Waals surface area (Å²) in [5, 5.41) is 19.0. The van der Waals surface area contributed by atoms with E-state index in [0.717, 1.165) is 72.6 Å². The van der Waals surface area contributed by atoms with Crippen LogP contribution in [0.3, 0.4) is 0 Å². The molecule has 6 rings (SSSR count). The van der Waals surface area contributed by atoms with Crippen molar-refractivity contribution in [2.45, 2.75) is 59.9 Å². The first kappa shape index (κ1) is 29.8. The first-order valence-corrected chi connectivity index (χ1v) is 15.2. The summed E-state index contributed by atoms with van der Waals surface area (Å²) in [5.74, 6) is -1.74. The fraction of sp³-hybridized carbons (Fsp3) is 0.243. The lowest BCUT2D eigenvalue weighted by Crippen LogP contribution is -1.99. The Morgan fingerprint density at radius 2 is 1.53 bits per heavy atom. The van der Waals surface area contributed by atoms with E-state index in [1.165, 1.54) is 5.56 Å². The summed E-state index contributed by atoms with van der Waals surface area (Å²) in [6, 6.07) is 20.7. The van der Waals surface area contributed by atoms with Gasteiger partial charge in [-0.3, -0.25) is 9.59 Å². The van der Waals surface area contributed by atoms with Crippen molar-refractivity contribution in [2.24, 2.45) is 0 Å². The van der Waals surface area contributed by atoms with E-state index in [1.54, 1.807) is 0 Å². The van der Waals surface area contributed by atoms with Crippen LogP contribution in [0.15, 0.2) is 60.7 Å². The lowest BCUT2D eigenvalue weighted by Gasteiger charge is -2.08. The van der Waals surface area contributed by atoms with Crippen LogP contribution in [0.4, 0.5) is 0 Å². The van der Waals surface area contributed by atoms with Crippen molar-refractivity contribution in [2.75, 3.05) is 0 Å². The molecule has 0 amide bonds. The van der Waals surface area contributed by atoms with Gasteiger partial charge in [-0.2, -0.15) is 0 Å². The summed E-state index contributed by atoms with van der Waals surface area (Å²) in [6.45, 7) is 8.80. The van der Waals surface area contributed by atoms with Gasteiger partial charge < -0.3 is 19.8 Å². The number of carboxylic acid groups (broad SMARTS) is 2. The fourth-order valence-electron chi connectivity index (χ4n) is 6.24. The molecule has 0 unspecified atom stereocenters. The number of rotatable bonds is 8. The van der Waals surface area contributed by atoms with Crippen molar-refractivity contribution in [3.05, 3.63) is 106 Å². The fourth-order valence-corrected chi connectivity index (χ4v) is 6.24. The average molecular weight is 601 g/mol. The molecule has 0 aliphatic carbocycles. The van der Waals surface area contributed by atoms with Crippen molar-refractivity contribution in [3.63, 3.8) is 0 Å². The summed E-state index contributed by atoms with van der Waals surface area (Å²) >= 11 is 0. The molecule has 3 aromatic heterocycles. The number of carboxylic acids is 2. The maximum Gasteiger partial charge on any atom is 0.303 e. The summed E-state index contributed by atoms with van der Waals surface area (Å²) < 4.78 is 2.28. The van der Waals surface area contributed by atoms with Crippen LogP contribution in [0.1, 0.15) is 78.1 Å². The van der Waals surface area contributed by atoms with Crippen molar-refractivity contribution >= 4 is 56.8 Å². The molecule has 0 radical (unpaired) electrons. The van der Waals surface area contributed by atoms with Gasteiger partial charge in [-0.05, 0) is 116 Å². The van der Waals surface area contributed by atoms with Crippen molar-refractivity contribution in [3.8, 4) is 0 Å². The number of H-pyrrole nitrogens is 1. The van der Waals surface area contributed by atoms with E-state index in [2.05, 4.69) is 59.8 Å². The molecule has 0 fully saturated rings. The predicted octanol–water partition coefficient (Wildman–Crippen LogP) is 7.83. The number of nitrogens with one attached hydrogen (secondary N) is 1. The second-order valence-corrected chi connectivity index (χ2v) is 11.9. The average Bonchev–Trinajstić information content (AvgIpc) is 3.67. The standard InChI is InChI=1S/C37H36N4O4/c1-21-14-26-16-31-23(3)28(10-12-36(42)43)33(39-31)18-34-29(11-13-37(44)45)24(4)32(40-34)19-35-22(2)15-27(17-30(21)38-26)41(35)20-25-8-6-5-7-9-25/h5-9,14-19,39H,10-13,20H2,1-4H3,(H,42,43)(H,44,45). The number of aliphatic carboxylic acids is 2. The van der Waals surface area contributed by atoms with Crippen LogP contribution in [0, 0.1) is 13.8 Å². The third-order valence-electron chi connectivity index (χ3n) is 8.72. The minimum atomic E-state index is -0.871. The summed E-state index contributed by atoms with van der Waals surface area (Å²) in [5.41, 5.74) is 13.8. The lowest BCUT2D eigenvalue weighted by atomic mass is 10.0. The largest absolute Gasteiger partial charge is 0.481 e. The Morgan fingerprint density at radius 1 is 0.800 bits per heavy atom. The number of aromatic nitrogens is 4. The number of allylic oxidation sites excluding steroid dienone is 3. The van der Waals surface area contributed by atoms with E-state index < -0.39 is 11.9 Å². The van der Waals surface area contributed by atoms with E-state index >= 15 is 0 Å². The third kappa shape index (κ3) is 6.09. The molecule has 45 heavy (non-hydrogen) atoms. The minimum Gasteiger partial charge on any atom is -0.481 e. The Bertz CT molecular complexity index is 2080. The van der Waals surface area contributed by atoms with E-state index in [9.17, 15) is 19.8 Å². The number of nitrogens with zero attached hydrogens (tertiary/aromatic N) is 3. The van der Waals surface area contributed by atoms with E-state index in [4.69, 9.17) is 9.97 Å². The van der Waals surface area contributed by atoms with Crippen molar-refractivity contribution < 1.29 is 19.8 Å². The molecular formula is C37H36N4O4. The zero-order valence-corrected chi connectivity index (χ0v) is 25.9. The van der Waals surface area contributed by atoms with Gasteiger partial charge in [0.1, 0.15) is 0 Å². The molecule has 8 nitrogen and oxygen atoms in total. The van der Waals surface area contributed by atoms with Crippen LogP contribution in [0.25, 0.3) is 44.9 Å². The van der Waals surface area contributed by atoms with Gasteiger partial charge in [0.25, 0.3) is 0 Å². The van der Waals surface area contributed by atoms with Gasteiger partial charge >= 0.3 is 11.9 Å². The number of aryl methyl sites for hydroxylation is 3. The highest BCUT2D eigenvalue weighted by atomic mass is 16.4. The SMILES string of the molecule is CC1=Cc2cc3[nH]c(cc4nc(cc5c(C)cc(cc1n2)n5Cc1ccccc1)C(C)=C4CCC(=O)O)c(CCC(=O)O)c3C. The summed E-state index contributed by atoms with van der Waals surface area (Å²) in [7, 11) is 0. The molecule has 5 heterocycles. The summed E-state index contributed by atoms with van der Waals surface area (Å²) in [4.78, 5) is 36.8. The number of carbonyl (C=O) groups is 2. The predicted molar refractivity (Wildman–Crippen MR) is 179 cm³/mol. The molecule has 8 heteroatoms. The van der Waals surface area contributed by atoms with E-state index in [1.807, 2.05) is 44.2 Å². The number of benzene rings is 1. The molecule has 0 saturated carbocycles. The first-order valence-electron chi connectivity index (χ1n) is 15.2. The van der Waals surface area contributed by atoms with Gasteiger partial charge in [-0.25, -0.2) is 9.97 Å². The normalized spacial score (nSPS) is 12.8. The van der Waals surface area contributed by atoms with Crippen LogP contribution in [-0.2, 0) is 22.6 Å². The molecule has 3 N–H and O–H groups in total. The van der Waals surface area contributed by atoms with E-state index in [0.29, 0.717) is 25.1 Å². The van der Waals surface area contributed by atoms with Crippen LogP contribution in [-0.4, -0.2) is 41.7 Å². The van der Waals surface area contributed by atoms with Gasteiger partial charge in [-0.15, -0.1) is 0 Å². The van der Waals surface area contributed by atoms with Crippen LogP contribution in [0.2, 0.25) is 0 Å². The molecular weight excluding hydrogens is 564 g/mol. The van der Waals surface area contributed by atoms with Gasteiger partial charge in [0.2, 0.25) is 0 Å². The smallest absolute Gasteiger partial charge is 0.303 e. The van der Waals surface area contributed by atoms with Gasteiger partial charge in [0.05, 0.1) is 22.8 Å². The minimum absolute atomic E-state index is 0.00994. The second kappa shape index (κ2) is 12.0. The summed E-state index contributed by atoms with van der Waals surface area (Å²) in [6.07, 6.45) is 2.71. The molecule has 2 aliphatic heterocycles.